The Bertz CT molecular complexity index is 944. The largest absolute Gasteiger partial charge is 0.860 e. The molecule has 0 bridgehead atoms. The van der Waals surface area contributed by atoms with Crippen molar-refractivity contribution in [3.8, 4) is 5.75 Å². The van der Waals surface area contributed by atoms with Gasteiger partial charge in [-0.25, -0.2) is 0 Å². The van der Waals surface area contributed by atoms with Gasteiger partial charge in [0.15, 0.2) is 0 Å². The van der Waals surface area contributed by atoms with Crippen molar-refractivity contribution in [2.45, 2.75) is 4.90 Å². The van der Waals surface area contributed by atoms with E-state index in [9.17, 15) is 13.5 Å². The van der Waals surface area contributed by atoms with Crippen LogP contribution in [0, 0.1) is 0 Å². The summed E-state index contributed by atoms with van der Waals surface area (Å²) in [6, 6.07) is 4.37. The number of nitrogens with zero attached hydrogens (tertiary/aromatic N) is 2. The van der Waals surface area contributed by atoms with Crippen LogP contribution >= 0.6 is 15.9 Å². The van der Waals surface area contributed by atoms with E-state index < -0.39 is 10.0 Å². The summed E-state index contributed by atoms with van der Waals surface area (Å²) in [6.07, 6.45) is 6.43. The molecule has 0 atom stereocenters. The van der Waals surface area contributed by atoms with E-state index in [4.69, 9.17) is 9.47 Å². The van der Waals surface area contributed by atoms with E-state index in [1.54, 1.807) is 23.1 Å². The van der Waals surface area contributed by atoms with Gasteiger partial charge in [-0.1, -0.05) is 18.2 Å². The van der Waals surface area contributed by atoms with Gasteiger partial charge in [0.1, 0.15) is 5.75 Å². The zero-order valence-corrected chi connectivity index (χ0v) is 17.0. The Labute approximate surface area is 166 Å². The predicted molar refractivity (Wildman–Crippen MR) is 103 cm³/mol. The third kappa shape index (κ3) is 4.42. The van der Waals surface area contributed by atoms with E-state index in [1.807, 2.05) is 0 Å². The van der Waals surface area contributed by atoms with Crippen molar-refractivity contribution in [1.29, 1.82) is 0 Å². The summed E-state index contributed by atoms with van der Waals surface area (Å²) in [5, 5.41) is 12.8. The van der Waals surface area contributed by atoms with Crippen LogP contribution in [-0.2, 0) is 14.8 Å². The van der Waals surface area contributed by atoms with Gasteiger partial charge in [0, 0.05) is 18.7 Å². The zero-order chi connectivity index (χ0) is 19.4. The van der Waals surface area contributed by atoms with Gasteiger partial charge < -0.3 is 19.5 Å². The van der Waals surface area contributed by atoms with Crippen LogP contribution in [0.3, 0.4) is 0 Å². The van der Waals surface area contributed by atoms with E-state index in [1.165, 1.54) is 31.4 Å². The van der Waals surface area contributed by atoms with Gasteiger partial charge in [-0.3, -0.25) is 0 Å². The van der Waals surface area contributed by atoms with Crippen molar-refractivity contribution in [3.63, 3.8) is 0 Å². The summed E-state index contributed by atoms with van der Waals surface area (Å²) in [7, 11) is -2.51. The van der Waals surface area contributed by atoms with Crippen molar-refractivity contribution >= 4 is 31.7 Å². The fraction of sp³-hybridized carbons (Fsp3) is 0.278. The number of morpholine rings is 1. The Morgan fingerprint density at radius 1 is 1.26 bits per heavy atom. The number of allylic oxidation sites excluding steroid dienone is 5. The molecule has 1 saturated heterocycles. The monoisotopic (exact) mass is 453 g/mol. The lowest BCUT2D eigenvalue weighted by molar-refractivity contribution is -0.336. The molecule has 1 aromatic rings. The van der Waals surface area contributed by atoms with E-state index in [-0.39, 0.29) is 22.1 Å². The van der Waals surface area contributed by atoms with Crippen molar-refractivity contribution in [1.82, 2.24) is 4.90 Å². The second kappa shape index (κ2) is 8.28. The summed E-state index contributed by atoms with van der Waals surface area (Å²) in [6.45, 7) is 1.85. The van der Waals surface area contributed by atoms with Crippen LogP contribution in [0.25, 0.3) is 0 Å². The standard InChI is InChI=1S/C18H19BrN2O5S/c1-25-17-7-6-13(12-15(17)19)27(23,24)20-16-5-3-2-4-14(16)18(22)21-8-10-26-11-9-21/h2-7,12,22H,8-11H2,1H3/p-1. The lowest BCUT2D eigenvalue weighted by atomic mass is 10.1. The van der Waals surface area contributed by atoms with Crippen molar-refractivity contribution in [2.24, 2.45) is 4.40 Å². The maximum absolute atomic E-state index is 12.8. The van der Waals surface area contributed by atoms with Gasteiger partial charge in [-0.15, -0.1) is 0 Å². The van der Waals surface area contributed by atoms with Crippen LogP contribution in [0.1, 0.15) is 0 Å². The molecule has 0 unspecified atom stereocenters. The van der Waals surface area contributed by atoms with Gasteiger partial charge in [0.2, 0.25) is 0 Å². The maximum Gasteiger partial charge on any atom is 0.282 e. The molecular weight excluding hydrogens is 436 g/mol. The quantitative estimate of drug-likeness (QED) is 0.643. The number of hydrogen-bond donors (Lipinski definition) is 0. The molecule has 144 valence electrons. The summed E-state index contributed by atoms with van der Waals surface area (Å²) in [5.41, 5.74) is 0.358. The molecule has 0 aromatic heterocycles. The lowest BCUT2D eigenvalue weighted by Crippen LogP contribution is -2.41. The highest BCUT2D eigenvalue weighted by molar-refractivity contribution is 9.10. The SMILES string of the molecule is COc1ccc(S(=O)(=O)N=C2C=CC=CC2=C([O-])N2CCOCC2)cc1Br. The smallest absolute Gasteiger partial charge is 0.282 e. The second-order valence-corrected chi connectivity index (χ2v) is 8.24. The number of sulfonamides is 1. The van der Waals surface area contributed by atoms with Gasteiger partial charge >= 0.3 is 0 Å². The minimum Gasteiger partial charge on any atom is -0.860 e. The van der Waals surface area contributed by atoms with Crippen molar-refractivity contribution in [2.75, 3.05) is 33.4 Å². The molecule has 0 amide bonds. The Morgan fingerprint density at radius 2 is 1.96 bits per heavy atom. The number of benzene rings is 1. The Kier molecular flexibility index (Phi) is 6.03. The molecule has 2 aliphatic rings. The molecular formula is C18H18BrN2O5S-. The fourth-order valence-corrected chi connectivity index (χ4v) is 4.38. The average Bonchev–Trinajstić information content (AvgIpc) is 2.68. The van der Waals surface area contributed by atoms with Crippen LogP contribution in [-0.4, -0.2) is 52.4 Å². The Balaban J connectivity index is 1.99. The molecule has 1 aliphatic carbocycles. The van der Waals surface area contributed by atoms with Crippen LogP contribution < -0.4 is 9.84 Å². The molecule has 0 spiro atoms. The van der Waals surface area contributed by atoms with Gasteiger partial charge in [0.25, 0.3) is 10.0 Å². The van der Waals surface area contributed by atoms with Crippen molar-refractivity contribution in [3.05, 3.63) is 58.4 Å². The Morgan fingerprint density at radius 3 is 2.63 bits per heavy atom. The molecule has 27 heavy (non-hydrogen) atoms. The molecule has 1 fully saturated rings. The maximum atomic E-state index is 12.8. The van der Waals surface area contributed by atoms with E-state index in [2.05, 4.69) is 20.3 Å². The normalized spacial score (nSPS) is 20.8. The van der Waals surface area contributed by atoms with E-state index in [0.717, 1.165) is 0 Å². The summed E-state index contributed by atoms with van der Waals surface area (Å²) in [4.78, 5) is 1.64. The third-order valence-electron chi connectivity index (χ3n) is 4.07. The van der Waals surface area contributed by atoms with Gasteiger partial charge in [-0.05, 0) is 46.1 Å². The molecule has 0 radical (unpaired) electrons. The zero-order valence-electron chi connectivity index (χ0n) is 14.6. The van der Waals surface area contributed by atoms with Crippen LogP contribution in [0.5, 0.6) is 5.75 Å². The third-order valence-corrected chi connectivity index (χ3v) is 5.98. The van der Waals surface area contributed by atoms with E-state index in [0.29, 0.717) is 36.5 Å². The Hall–Kier alpha value is -2.10. The average molecular weight is 454 g/mol. The molecule has 1 heterocycles. The van der Waals surface area contributed by atoms with E-state index >= 15 is 0 Å². The molecule has 9 heteroatoms. The number of hydrogen-bond acceptors (Lipinski definition) is 6. The number of ether oxygens (including phenoxy) is 2. The molecule has 1 aromatic carbocycles. The molecule has 0 N–H and O–H groups in total. The number of halogens is 1. The first-order valence-electron chi connectivity index (χ1n) is 8.20. The highest BCUT2D eigenvalue weighted by Gasteiger charge is 2.19. The minimum atomic E-state index is -4.00. The van der Waals surface area contributed by atoms with Crippen LogP contribution in [0.4, 0.5) is 0 Å². The van der Waals surface area contributed by atoms with Crippen molar-refractivity contribution < 1.29 is 23.0 Å². The topological polar surface area (TPSA) is 91.3 Å². The molecule has 3 rings (SSSR count). The van der Waals surface area contributed by atoms with Gasteiger partial charge in [0.05, 0.1) is 35.4 Å². The fourth-order valence-electron chi connectivity index (χ4n) is 2.66. The summed E-state index contributed by atoms with van der Waals surface area (Å²) < 4.78 is 40.2. The first-order chi connectivity index (χ1) is 12.9. The van der Waals surface area contributed by atoms with Crippen LogP contribution in [0.15, 0.2) is 67.7 Å². The molecule has 0 saturated carbocycles. The number of rotatable bonds is 4. The summed E-state index contributed by atoms with van der Waals surface area (Å²) in [5.74, 6) is 0.251. The molecule has 1 aliphatic heterocycles. The minimum absolute atomic E-state index is 0.00352. The first kappa shape index (κ1) is 19.7. The first-order valence-corrected chi connectivity index (χ1v) is 10.4. The highest BCUT2D eigenvalue weighted by Crippen LogP contribution is 2.28. The number of methoxy groups -OCH3 is 1. The summed E-state index contributed by atoms with van der Waals surface area (Å²) >= 11 is 3.27. The van der Waals surface area contributed by atoms with Crippen LogP contribution in [0.2, 0.25) is 0 Å². The second-order valence-electron chi connectivity index (χ2n) is 5.78. The lowest BCUT2D eigenvalue weighted by Gasteiger charge is -2.36. The highest BCUT2D eigenvalue weighted by atomic mass is 79.9. The predicted octanol–water partition coefficient (Wildman–Crippen LogP) is 1.62. The molecule has 7 nitrogen and oxygen atoms in total. The van der Waals surface area contributed by atoms with Gasteiger partial charge in [-0.2, -0.15) is 12.8 Å².